The molecule has 1 saturated heterocycles. The van der Waals surface area contributed by atoms with E-state index in [1.165, 1.54) is 0 Å². The topological polar surface area (TPSA) is 72.1 Å². The molecule has 4 rings (SSSR count). The first-order valence-electron chi connectivity index (χ1n) is 10.0. The van der Waals surface area contributed by atoms with Crippen LogP contribution in [0.3, 0.4) is 0 Å². The number of nitrogens with zero attached hydrogens (tertiary/aromatic N) is 1. The van der Waals surface area contributed by atoms with Gasteiger partial charge in [-0.15, -0.1) is 0 Å². The summed E-state index contributed by atoms with van der Waals surface area (Å²) < 4.78 is 16.9. The summed E-state index contributed by atoms with van der Waals surface area (Å²) in [6.45, 7) is 3.98. The molecule has 0 aromatic heterocycles. The number of anilines is 1. The second kappa shape index (κ2) is 9.15. The van der Waals surface area contributed by atoms with Crippen LogP contribution < -0.4 is 24.8 Å². The molecule has 1 atom stereocenters. The molecule has 0 spiro atoms. The van der Waals surface area contributed by atoms with Crippen molar-refractivity contribution in [2.75, 3.05) is 51.8 Å². The van der Waals surface area contributed by atoms with Crippen LogP contribution in [-0.2, 0) is 4.79 Å². The van der Waals surface area contributed by atoms with Crippen molar-refractivity contribution in [1.82, 2.24) is 10.2 Å². The SMILES string of the molecule is COc1ccccc1[C@H]1CNCCN1CC(=O)Nc1ccc2c(c1)OCCCO2. The van der Waals surface area contributed by atoms with E-state index in [1.807, 2.05) is 36.4 Å². The highest BCUT2D eigenvalue weighted by atomic mass is 16.5. The van der Waals surface area contributed by atoms with Crippen molar-refractivity contribution >= 4 is 11.6 Å². The van der Waals surface area contributed by atoms with Crippen LogP contribution in [0.25, 0.3) is 0 Å². The third kappa shape index (κ3) is 4.63. The van der Waals surface area contributed by atoms with Gasteiger partial charge in [-0.05, 0) is 18.2 Å². The van der Waals surface area contributed by atoms with Gasteiger partial charge in [-0.1, -0.05) is 18.2 Å². The summed E-state index contributed by atoms with van der Waals surface area (Å²) in [5.41, 5.74) is 1.80. The molecular weight excluding hydrogens is 370 g/mol. The van der Waals surface area contributed by atoms with Gasteiger partial charge in [-0.2, -0.15) is 0 Å². The van der Waals surface area contributed by atoms with Gasteiger partial charge >= 0.3 is 0 Å². The van der Waals surface area contributed by atoms with Crippen LogP contribution in [0.4, 0.5) is 5.69 Å². The molecule has 0 bridgehead atoms. The van der Waals surface area contributed by atoms with E-state index in [4.69, 9.17) is 14.2 Å². The van der Waals surface area contributed by atoms with E-state index >= 15 is 0 Å². The minimum Gasteiger partial charge on any atom is -0.496 e. The van der Waals surface area contributed by atoms with Crippen molar-refractivity contribution in [3.05, 3.63) is 48.0 Å². The average molecular weight is 397 g/mol. The van der Waals surface area contributed by atoms with Gasteiger partial charge in [0.05, 0.1) is 32.9 Å². The Morgan fingerprint density at radius 2 is 2.03 bits per heavy atom. The summed E-state index contributed by atoms with van der Waals surface area (Å²) in [7, 11) is 1.68. The van der Waals surface area contributed by atoms with Crippen molar-refractivity contribution in [2.24, 2.45) is 0 Å². The lowest BCUT2D eigenvalue weighted by atomic mass is 10.0. The fourth-order valence-electron chi connectivity index (χ4n) is 3.81. The summed E-state index contributed by atoms with van der Waals surface area (Å²) >= 11 is 0. The second-order valence-corrected chi connectivity index (χ2v) is 7.19. The van der Waals surface area contributed by atoms with Crippen molar-refractivity contribution in [2.45, 2.75) is 12.5 Å². The lowest BCUT2D eigenvalue weighted by Gasteiger charge is -2.36. The molecule has 2 aromatic rings. The quantitative estimate of drug-likeness (QED) is 0.808. The van der Waals surface area contributed by atoms with Crippen LogP contribution in [0.2, 0.25) is 0 Å². The molecule has 2 aromatic carbocycles. The maximum Gasteiger partial charge on any atom is 0.238 e. The molecule has 2 aliphatic rings. The highest BCUT2D eigenvalue weighted by Crippen LogP contribution is 2.33. The zero-order chi connectivity index (χ0) is 20.1. The minimum atomic E-state index is -0.0544. The first-order chi connectivity index (χ1) is 14.2. The van der Waals surface area contributed by atoms with Crippen LogP contribution in [0, 0.1) is 0 Å². The Morgan fingerprint density at radius 1 is 1.21 bits per heavy atom. The van der Waals surface area contributed by atoms with E-state index in [0.717, 1.165) is 43.1 Å². The fraction of sp³-hybridized carbons (Fsp3) is 0.409. The number of nitrogens with one attached hydrogen (secondary N) is 2. The Kier molecular flexibility index (Phi) is 6.17. The van der Waals surface area contributed by atoms with Gasteiger partial charge in [0.15, 0.2) is 11.5 Å². The Balaban J connectivity index is 1.44. The summed E-state index contributed by atoms with van der Waals surface area (Å²) in [6.07, 6.45) is 0.851. The normalized spacial score (nSPS) is 19.3. The number of amides is 1. The molecule has 7 heteroatoms. The molecule has 154 valence electrons. The van der Waals surface area contributed by atoms with Crippen molar-refractivity contribution in [3.8, 4) is 17.2 Å². The molecular formula is C22H27N3O4. The number of piperazine rings is 1. The van der Waals surface area contributed by atoms with E-state index in [1.54, 1.807) is 7.11 Å². The van der Waals surface area contributed by atoms with Crippen molar-refractivity contribution in [1.29, 1.82) is 0 Å². The van der Waals surface area contributed by atoms with Gasteiger partial charge in [-0.3, -0.25) is 9.69 Å². The average Bonchev–Trinajstić information content (AvgIpc) is 2.99. The first-order valence-corrected chi connectivity index (χ1v) is 10.0. The van der Waals surface area contributed by atoms with Gasteiger partial charge in [-0.25, -0.2) is 0 Å². The lowest BCUT2D eigenvalue weighted by Crippen LogP contribution is -2.48. The van der Waals surface area contributed by atoms with Crippen molar-refractivity contribution < 1.29 is 19.0 Å². The lowest BCUT2D eigenvalue weighted by molar-refractivity contribution is -0.118. The number of hydrogen-bond acceptors (Lipinski definition) is 6. The van der Waals surface area contributed by atoms with Crippen LogP contribution in [0.1, 0.15) is 18.0 Å². The summed E-state index contributed by atoms with van der Waals surface area (Å²) in [5, 5.41) is 6.41. The predicted octanol–water partition coefficient (Wildman–Crippen LogP) is 2.44. The summed E-state index contributed by atoms with van der Waals surface area (Å²) in [6, 6.07) is 13.6. The zero-order valence-electron chi connectivity index (χ0n) is 16.6. The second-order valence-electron chi connectivity index (χ2n) is 7.19. The number of hydrogen-bond donors (Lipinski definition) is 2. The Morgan fingerprint density at radius 3 is 2.90 bits per heavy atom. The summed E-state index contributed by atoms with van der Waals surface area (Å²) in [4.78, 5) is 15.0. The highest BCUT2D eigenvalue weighted by molar-refractivity contribution is 5.92. The van der Waals surface area contributed by atoms with Crippen LogP contribution in [-0.4, -0.2) is 57.3 Å². The summed E-state index contributed by atoms with van der Waals surface area (Å²) in [5.74, 6) is 2.18. The molecule has 1 fully saturated rings. The Labute approximate surface area is 170 Å². The zero-order valence-corrected chi connectivity index (χ0v) is 16.6. The van der Waals surface area contributed by atoms with Crippen LogP contribution >= 0.6 is 0 Å². The Hall–Kier alpha value is -2.77. The van der Waals surface area contributed by atoms with Crippen LogP contribution in [0.5, 0.6) is 17.2 Å². The third-order valence-electron chi connectivity index (χ3n) is 5.23. The molecule has 2 N–H and O–H groups in total. The number of benzene rings is 2. The maximum absolute atomic E-state index is 12.8. The van der Waals surface area contributed by atoms with Gasteiger partial charge in [0.25, 0.3) is 0 Å². The monoisotopic (exact) mass is 397 g/mol. The van der Waals surface area contributed by atoms with Crippen LogP contribution in [0.15, 0.2) is 42.5 Å². The number of carbonyl (C=O) groups is 1. The number of rotatable bonds is 5. The predicted molar refractivity (Wildman–Crippen MR) is 111 cm³/mol. The first kappa shape index (κ1) is 19.5. The maximum atomic E-state index is 12.8. The molecule has 7 nitrogen and oxygen atoms in total. The van der Waals surface area contributed by atoms with Gasteiger partial charge in [0.2, 0.25) is 5.91 Å². The molecule has 2 heterocycles. The van der Waals surface area contributed by atoms with Gasteiger partial charge in [0, 0.05) is 43.4 Å². The molecule has 29 heavy (non-hydrogen) atoms. The third-order valence-corrected chi connectivity index (χ3v) is 5.23. The number of fused-ring (bicyclic) bond motifs is 1. The number of ether oxygens (including phenoxy) is 3. The number of methoxy groups -OCH3 is 1. The van der Waals surface area contributed by atoms with Gasteiger partial charge in [0.1, 0.15) is 5.75 Å². The smallest absolute Gasteiger partial charge is 0.238 e. The number of carbonyl (C=O) groups excluding carboxylic acids is 1. The molecule has 2 aliphatic heterocycles. The van der Waals surface area contributed by atoms with E-state index < -0.39 is 0 Å². The highest BCUT2D eigenvalue weighted by Gasteiger charge is 2.27. The van der Waals surface area contributed by atoms with E-state index in [9.17, 15) is 4.79 Å². The van der Waals surface area contributed by atoms with Crippen molar-refractivity contribution in [3.63, 3.8) is 0 Å². The molecule has 1 amide bonds. The molecule has 0 aliphatic carbocycles. The van der Waals surface area contributed by atoms with E-state index in [0.29, 0.717) is 31.2 Å². The fourth-order valence-corrected chi connectivity index (χ4v) is 3.81. The molecule has 0 radical (unpaired) electrons. The van der Waals surface area contributed by atoms with E-state index in [-0.39, 0.29) is 11.9 Å². The Bertz CT molecular complexity index is 858. The van der Waals surface area contributed by atoms with Gasteiger partial charge < -0.3 is 24.8 Å². The standard InChI is InChI=1S/C22H27N3O4/c1-27-19-6-3-2-5-17(19)18-14-23-9-10-25(18)15-22(26)24-16-7-8-20-21(13-16)29-12-4-11-28-20/h2-3,5-8,13,18,23H,4,9-12,14-15H2,1H3,(H,24,26)/t18-/m1/s1. The largest absolute Gasteiger partial charge is 0.496 e. The molecule has 0 saturated carbocycles. The van der Waals surface area contributed by atoms with E-state index in [2.05, 4.69) is 21.6 Å². The molecule has 0 unspecified atom stereocenters. The minimum absolute atomic E-state index is 0.0544. The number of para-hydroxylation sites is 1.